The second-order valence-corrected chi connectivity index (χ2v) is 5.35. The molecule has 1 aliphatic carbocycles. The van der Waals surface area contributed by atoms with E-state index < -0.39 is 0 Å². The Morgan fingerprint density at radius 2 is 1.53 bits per heavy atom. The van der Waals surface area contributed by atoms with E-state index in [1.54, 1.807) is 0 Å². The molecule has 4 heteroatoms. The molecule has 2 fully saturated rings. The van der Waals surface area contributed by atoms with Gasteiger partial charge in [0.05, 0.1) is 0 Å². The van der Waals surface area contributed by atoms with Gasteiger partial charge < -0.3 is 16.0 Å². The summed E-state index contributed by atoms with van der Waals surface area (Å²) in [6.07, 6.45) is 9.73. The Kier molecular flexibility index (Phi) is 5.10. The van der Waals surface area contributed by atoms with Crippen LogP contribution in [0.1, 0.15) is 51.4 Å². The zero-order valence-corrected chi connectivity index (χ0v) is 10.6. The fourth-order valence-electron chi connectivity index (χ4n) is 2.81. The van der Waals surface area contributed by atoms with E-state index in [0.29, 0.717) is 12.1 Å². The van der Waals surface area contributed by atoms with E-state index in [4.69, 9.17) is 0 Å². The topological polar surface area (TPSA) is 53.2 Å². The van der Waals surface area contributed by atoms with Crippen molar-refractivity contribution in [1.29, 1.82) is 0 Å². The lowest BCUT2D eigenvalue weighted by Gasteiger charge is -2.25. The second kappa shape index (κ2) is 6.84. The van der Waals surface area contributed by atoms with E-state index in [-0.39, 0.29) is 6.03 Å². The van der Waals surface area contributed by atoms with Crippen LogP contribution < -0.4 is 16.0 Å². The van der Waals surface area contributed by atoms with Gasteiger partial charge in [-0.05, 0) is 32.2 Å². The highest BCUT2D eigenvalue weighted by Crippen LogP contribution is 2.17. The molecule has 0 spiro atoms. The average Bonchev–Trinajstić information content (AvgIpc) is 2.59. The van der Waals surface area contributed by atoms with Gasteiger partial charge in [0.25, 0.3) is 0 Å². The van der Waals surface area contributed by atoms with Gasteiger partial charge in [-0.25, -0.2) is 4.79 Å². The average molecular weight is 239 g/mol. The third-order valence-electron chi connectivity index (χ3n) is 3.82. The number of hydrogen-bond acceptors (Lipinski definition) is 2. The fourth-order valence-corrected chi connectivity index (χ4v) is 2.81. The summed E-state index contributed by atoms with van der Waals surface area (Å²) in [5.41, 5.74) is 0. The smallest absolute Gasteiger partial charge is 0.315 e. The van der Waals surface area contributed by atoms with Crippen molar-refractivity contribution in [3.8, 4) is 0 Å². The Morgan fingerprint density at radius 3 is 2.18 bits per heavy atom. The quantitative estimate of drug-likeness (QED) is 0.643. The molecule has 2 aliphatic rings. The monoisotopic (exact) mass is 239 g/mol. The Hall–Kier alpha value is -0.770. The standard InChI is InChI=1S/C13H25N3O/c17-13(16-12-8-5-9-14-10-12)15-11-6-3-1-2-4-7-11/h11-12,14H,1-10H2,(H2,15,16,17). The highest BCUT2D eigenvalue weighted by molar-refractivity contribution is 5.74. The number of nitrogens with one attached hydrogen (secondary N) is 3. The largest absolute Gasteiger partial charge is 0.335 e. The predicted octanol–water partition coefficient (Wildman–Crippen LogP) is 1.76. The number of piperidine rings is 1. The van der Waals surface area contributed by atoms with E-state index in [1.165, 1.54) is 25.7 Å². The molecule has 98 valence electrons. The Morgan fingerprint density at radius 1 is 0.882 bits per heavy atom. The van der Waals surface area contributed by atoms with Crippen LogP contribution in [0.4, 0.5) is 4.79 Å². The maximum absolute atomic E-state index is 11.8. The van der Waals surface area contributed by atoms with Gasteiger partial charge in [0, 0.05) is 18.6 Å². The molecule has 1 saturated heterocycles. The van der Waals surface area contributed by atoms with E-state index in [9.17, 15) is 4.79 Å². The molecule has 1 atom stereocenters. The van der Waals surface area contributed by atoms with Gasteiger partial charge in [0.15, 0.2) is 0 Å². The van der Waals surface area contributed by atoms with Crippen LogP contribution >= 0.6 is 0 Å². The van der Waals surface area contributed by atoms with Crippen LogP contribution in [-0.2, 0) is 0 Å². The molecule has 2 rings (SSSR count). The van der Waals surface area contributed by atoms with E-state index >= 15 is 0 Å². The van der Waals surface area contributed by atoms with Crippen molar-refractivity contribution < 1.29 is 4.79 Å². The predicted molar refractivity (Wildman–Crippen MR) is 69.0 cm³/mol. The maximum Gasteiger partial charge on any atom is 0.315 e. The molecule has 1 heterocycles. The molecule has 1 aliphatic heterocycles. The first-order valence-electron chi connectivity index (χ1n) is 7.12. The molecule has 0 bridgehead atoms. The zero-order chi connectivity index (χ0) is 11.9. The molecule has 4 nitrogen and oxygen atoms in total. The van der Waals surface area contributed by atoms with Crippen LogP contribution in [0, 0.1) is 0 Å². The van der Waals surface area contributed by atoms with Gasteiger partial charge in [-0.2, -0.15) is 0 Å². The van der Waals surface area contributed by atoms with Crippen molar-refractivity contribution >= 4 is 6.03 Å². The van der Waals surface area contributed by atoms with Crippen molar-refractivity contribution in [3.05, 3.63) is 0 Å². The SMILES string of the molecule is O=C(NC1CCCCCC1)NC1CCCNC1. The molecule has 3 N–H and O–H groups in total. The minimum atomic E-state index is 0.0330. The highest BCUT2D eigenvalue weighted by atomic mass is 16.2. The van der Waals surface area contributed by atoms with Crippen LogP contribution in [0.15, 0.2) is 0 Å². The summed E-state index contributed by atoms with van der Waals surface area (Å²) < 4.78 is 0. The summed E-state index contributed by atoms with van der Waals surface area (Å²) >= 11 is 0. The fraction of sp³-hybridized carbons (Fsp3) is 0.923. The Labute approximate surface area is 104 Å². The Bertz CT molecular complexity index is 231. The number of carbonyl (C=O) groups excluding carboxylic acids is 1. The van der Waals surface area contributed by atoms with Crippen molar-refractivity contribution in [2.75, 3.05) is 13.1 Å². The van der Waals surface area contributed by atoms with Crippen molar-refractivity contribution in [1.82, 2.24) is 16.0 Å². The Balaban J connectivity index is 1.68. The molecule has 0 aromatic rings. The van der Waals surface area contributed by atoms with Crippen LogP contribution in [0.2, 0.25) is 0 Å². The third-order valence-corrected chi connectivity index (χ3v) is 3.82. The maximum atomic E-state index is 11.8. The first-order chi connectivity index (χ1) is 8.34. The molecular formula is C13H25N3O. The lowest BCUT2D eigenvalue weighted by atomic mass is 10.1. The second-order valence-electron chi connectivity index (χ2n) is 5.35. The molecular weight excluding hydrogens is 214 g/mol. The number of urea groups is 1. The number of hydrogen-bond donors (Lipinski definition) is 3. The summed E-state index contributed by atoms with van der Waals surface area (Å²) in [5, 5.41) is 9.51. The molecule has 0 aromatic heterocycles. The van der Waals surface area contributed by atoms with E-state index in [2.05, 4.69) is 16.0 Å². The number of carbonyl (C=O) groups is 1. The van der Waals surface area contributed by atoms with Gasteiger partial charge >= 0.3 is 6.03 Å². The number of rotatable bonds is 2. The summed E-state index contributed by atoms with van der Waals surface area (Å²) in [4.78, 5) is 11.8. The molecule has 1 saturated carbocycles. The zero-order valence-electron chi connectivity index (χ0n) is 10.6. The summed E-state index contributed by atoms with van der Waals surface area (Å²) in [7, 11) is 0. The highest BCUT2D eigenvalue weighted by Gasteiger charge is 2.18. The minimum Gasteiger partial charge on any atom is -0.335 e. The molecule has 2 amide bonds. The molecule has 0 aromatic carbocycles. The molecule has 17 heavy (non-hydrogen) atoms. The van der Waals surface area contributed by atoms with Gasteiger partial charge in [-0.1, -0.05) is 25.7 Å². The van der Waals surface area contributed by atoms with Crippen LogP contribution in [0.25, 0.3) is 0 Å². The lowest BCUT2D eigenvalue weighted by molar-refractivity contribution is 0.228. The van der Waals surface area contributed by atoms with Gasteiger partial charge in [-0.15, -0.1) is 0 Å². The number of amides is 2. The molecule has 1 unspecified atom stereocenters. The summed E-state index contributed by atoms with van der Waals surface area (Å²) in [5.74, 6) is 0. The minimum absolute atomic E-state index is 0.0330. The molecule has 0 radical (unpaired) electrons. The summed E-state index contributed by atoms with van der Waals surface area (Å²) in [6, 6.07) is 0.745. The van der Waals surface area contributed by atoms with Gasteiger partial charge in [-0.3, -0.25) is 0 Å². The van der Waals surface area contributed by atoms with Crippen LogP contribution in [-0.4, -0.2) is 31.2 Å². The first kappa shape index (κ1) is 12.7. The normalized spacial score (nSPS) is 27.2. The third kappa shape index (κ3) is 4.54. The van der Waals surface area contributed by atoms with Crippen molar-refractivity contribution in [2.24, 2.45) is 0 Å². The van der Waals surface area contributed by atoms with Crippen LogP contribution in [0.5, 0.6) is 0 Å². The van der Waals surface area contributed by atoms with Crippen molar-refractivity contribution in [3.63, 3.8) is 0 Å². The van der Waals surface area contributed by atoms with Gasteiger partial charge in [0.1, 0.15) is 0 Å². The van der Waals surface area contributed by atoms with E-state index in [0.717, 1.165) is 38.8 Å². The van der Waals surface area contributed by atoms with E-state index in [1.807, 2.05) is 0 Å². The van der Waals surface area contributed by atoms with Crippen LogP contribution in [0.3, 0.4) is 0 Å². The summed E-state index contributed by atoms with van der Waals surface area (Å²) in [6.45, 7) is 2.00. The lowest BCUT2D eigenvalue weighted by Crippen LogP contribution is -2.51. The van der Waals surface area contributed by atoms with Gasteiger partial charge in [0.2, 0.25) is 0 Å². The van der Waals surface area contributed by atoms with Crippen molar-refractivity contribution in [2.45, 2.75) is 63.5 Å². The first-order valence-corrected chi connectivity index (χ1v) is 7.12.